The molecule has 38 heavy (non-hydrogen) atoms. The largest absolute Gasteiger partial charge is 0.493 e. The van der Waals surface area contributed by atoms with Crippen LogP contribution in [0.25, 0.3) is 10.8 Å². The van der Waals surface area contributed by atoms with Gasteiger partial charge in [0.05, 0.1) is 34.5 Å². The number of thiocarbonyl (C=S) groups is 1. The number of nitrogens with one attached hydrogen (secondary N) is 1. The summed E-state index contributed by atoms with van der Waals surface area (Å²) < 4.78 is 22.3. The van der Waals surface area contributed by atoms with Crippen molar-refractivity contribution in [1.29, 1.82) is 0 Å². The molecule has 0 spiro atoms. The van der Waals surface area contributed by atoms with E-state index in [4.69, 9.17) is 31.2 Å². The summed E-state index contributed by atoms with van der Waals surface area (Å²) in [5.74, 6) is 2.86. The predicted octanol–water partition coefficient (Wildman–Crippen LogP) is 6.41. The van der Waals surface area contributed by atoms with Gasteiger partial charge in [0.15, 0.2) is 28.1 Å². The first kappa shape index (κ1) is 25.7. The van der Waals surface area contributed by atoms with E-state index in [9.17, 15) is 0 Å². The maximum atomic E-state index is 6.01. The number of nitrogens with zero attached hydrogens (tertiary/aromatic N) is 1. The highest BCUT2D eigenvalue weighted by Gasteiger charge is 2.31. The zero-order valence-corrected chi connectivity index (χ0v) is 22.9. The topological polar surface area (TPSA) is 52.2 Å². The second-order valence-electron chi connectivity index (χ2n) is 9.25. The lowest BCUT2D eigenvalue weighted by atomic mass is 9.88. The van der Waals surface area contributed by atoms with Crippen LogP contribution >= 0.6 is 12.2 Å². The van der Waals surface area contributed by atoms with Gasteiger partial charge < -0.3 is 29.2 Å². The molecule has 0 radical (unpaired) electrons. The van der Waals surface area contributed by atoms with Gasteiger partial charge in [-0.3, -0.25) is 0 Å². The van der Waals surface area contributed by atoms with E-state index in [1.54, 1.807) is 28.4 Å². The summed E-state index contributed by atoms with van der Waals surface area (Å²) >= 11 is 6.01. The lowest BCUT2D eigenvalue weighted by Gasteiger charge is -2.39. The van der Waals surface area contributed by atoms with E-state index in [0.29, 0.717) is 22.4 Å². The van der Waals surface area contributed by atoms with Gasteiger partial charge >= 0.3 is 0 Å². The third-order valence-electron chi connectivity index (χ3n) is 7.14. The second kappa shape index (κ2) is 11.2. The van der Waals surface area contributed by atoms with Crippen LogP contribution in [0.5, 0.6) is 23.0 Å². The third-order valence-corrected chi connectivity index (χ3v) is 7.48. The highest BCUT2D eigenvalue weighted by Crippen LogP contribution is 2.40. The number of benzene rings is 4. The lowest BCUT2D eigenvalue weighted by Crippen LogP contribution is -2.43. The first-order chi connectivity index (χ1) is 18.5. The summed E-state index contributed by atoms with van der Waals surface area (Å²) in [5, 5.41) is 6.55. The Morgan fingerprint density at radius 1 is 0.789 bits per heavy atom. The van der Waals surface area contributed by atoms with Crippen LogP contribution in [-0.4, -0.2) is 45.0 Å². The molecule has 1 heterocycles. The number of hydrogen-bond donors (Lipinski definition) is 1. The molecule has 196 valence electrons. The van der Waals surface area contributed by atoms with E-state index < -0.39 is 0 Å². The molecule has 6 nitrogen and oxygen atoms in total. The molecule has 5 rings (SSSR count). The van der Waals surface area contributed by atoms with Crippen molar-refractivity contribution in [2.24, 2.45) is 0 Å². The maximum absolute atomic E-state index is 6.01. The van der Waals surface area contributed by atoms with Crippen molar-refractivity contribution in [1.82, 2.24) is 4.90 Å². The number of ether oxygens (including phenoxy) is 4. The molecule has 0 saturated heterocycles. The fourth-order valence-electron chi connectivity index (χ4n) is 5.18. The van der Waals surface area contributed by atoms with Crippen molar-refractivity contribution in [3.63, 3.8) is 0 Å². The fourth-order valence-corrected chi connectivity index (χ4v) is 5.52. The molecule has 1 N–H and O–H groups in total. The number of anilines is 1. The molecule has 0 bridgehead atoms. The van der Waals surface area contributed by atoms with Gasteiger partial charge in [-0.15, -0.1) is 0 Å². The molecule has 0 aromatic heterocycles. The van der Waals surface area contributed by atoms with Gasteiger partial charge in [0, 0.05) is 12.2 Å². The van der Waals surface area contributed by atoms with Gasteiger partial charge in [-0.2, -0.15) is 0 Å². The van der Waals surface area contributed by atoms with Crippen LogP contribution in [0.3, 0.4) is 0 Å². The molecule has 0 aliphatic carbocycles. The second-order valence-corrected chi connectivity index (χ2v) is 9.64. The van der Waals surface area contributed by atoms with Crippen molar-refractivity contribution in [3.8, 4) is 23.0 Å². The summed E-state index contributed by atoms with van der Waals surface area (Å²) in [6, 6.07) is 24.9. The van der Waals surface area contributed by atoms with Crippen LogP contribution in [-0.2, 0) is 12.8 Å². The molecule has 0 amide bonds. The predicted molar refractivity (Wildman–Crippen MR) is 156 cm³/mol. The standard InChI is InChI=1S/C31H32N2O4S/c1-34-27-12-9-20(16-28(27)35-2)15-26-25-19-30(37-4)29(36-3)18-23(25)13-14-33(26)31(38)32-24-11-10-21-7-5-6-8-22(21)17-24/h5-12,16-19,26H,13-15H2,1-4H3,(H,32,38). The molecule has 0 saturated carbocycles. The minimum absolute atomic E-state index is 0.0166. The minimum Gasteiger partial charge on any atom is -0.493 e. The van der Waals surface area contributed by atoms with Gasteiger partial charge in [0.2, 0.25) is 0 Å². The molecular weight excluding hydrogens is 496 g/mol. The van der Waals surface area contributed by atoms with Gasteiger partial charge in [-0.05, 0) is 88.9 Å². The van der Waals surface area contributed by atoms with Gasteiger partial charge in [-0.25, -0.2) is 0 Å². The van der Waals surface area contributed by atoms with Crippen LogP contribution in [0.1, 0.15) is 22.7 Å². The Morgan fingerprint density at radius 2 is 1.47 bits per heavy atom. The molecule has 1 aliphatic heterocycles. The first-order valence-corrected chi connectivity index (χ1v) is 13.0. The molecule has 0 fully saturated rings. The SMILES string of the molecule is COc1ccc(CC2c3cc(OC)c(OC)cc3CCN2C(=S)Nc2ccc3ccccc3c2)cc1OC. The van der Waals surface area contributed by atoms with E-state index in [0.717, 1.165) is 36.4 Å². The van der Waals surface area contributed by atoms with E-state index in [1.807, 2.05) is 24.3 Å². The molecule has 1 aliphatic rings. The average Bonchev–Trinajstić information content (AvgIpc) is 2.96. The monoisotopic (exact) mass is 528 g/mol. The summed E-state index contributed by atoms with van der Waals surface area (Å²) in [7, 11) is 6.64. The number of fused-ring (bicyclic) bond motifs is 2. The highest BCUT2D eigenvalue weighted by atomic mass is 32.1. The van der Waals surface area contributed by atoms with Gasteiger partial charge in [0.25, 0.3) is 0 Å². The average molecular weight is 529 g/mol. The lowest BCUT2D eigenvalue weighted by molar-refractivity contribution is 0.295. The normalized spacial score (nSPS) is 14.5. The Balaban J connectivity index is 1.51. The van der Waals surface area contributed by atoms with E-state index in [2.05, 4.69) is 58.7 Å². The Kier molecular flexibility index (Phi) is 7.56. The van der Waals surface area contributed by atoms with Gasteiger partial charge in [-0.1, -0.05) is 36.4 Å². The minimum atomic E-state index is -0.0166. The zero-order valence-electron chi connectivity index (χ0n) is 22.1. The number of rotatable bonds is 7. The Labute approximate surface area is 229 Å². The number of hydrogen-bond acceptors (Lipinski definition) is 5. The van der Waals surface area contributed by atoms with Crippen LogP contribution in [0, 0.1) is 0 Å². The Bertz CT molecular complexity index is 1470. The van der Waals surface area contributed by atoms with Crippen molar-refractivity contribution < 1.29 is 18.9 Å². The summed E-state index contributed by atoms with van der Waals surface area (Å²) in [6.45, 7) is 0.778. The van der Waals surface area contributed by atoms with Crippen molar-refractivity contribution in [3.05, 3.63) is 89.5 Å². The van der Waals surface area contributed by atoms with Crippen LogP contribution in [0.2, 0.25) is 0 Å². The maximum Gasteiger partial charge on any atom is 0.173 e. The Morgan fingerprint density at radius 3 is 2.21 bits per heavy atom. The highest BCUT2D eigenvalue weighted by molar-refractivity contribution is 7.80. The van der Waals surface area contributed by atoms with E-state index in [1.165, 1.54) is 21.9 Å². The summed E-state index contributed by atoms with van der Waals surface area (Å²) in [4.78, 5) is 2.27. The van der Waals surface area contributed by atoms with Crippen LogP contribution < -0.4 is 24.3 Å². The zero-order chi connectivity index (χ0) is 26.6. The fraction of sp³-hybridized carbons (Fsp3) is 0.258. The third kappa shape index (κ3) is 5.07. The summed E-state index contributed by atoms with van der Waals surface area (Å²) in [6.07, 6.45) is 1.57. The molecule has 4 aromatic rings. The smallest absolute Gasteiger partial charge is 0.173 e. The van der Waals surface area contributed by atoms with Crippen LogP contribution in [0.15, 0.2) is 72.8 Å². The van der Waals surface area contributed by atoms with E-state index >= 15 is 0 Å². The molecule has 4 aromatic carbocycles. The molecule has 7 heteroatoms. The summed E-state index contributed by atoms with van der Waals surface area (Å²) in [5.41, 5.74) is 4.50. The van der Waals surface area contributed by atoms with E-state index in [-0.39, 0.29) is 6.04 Å². The quantitative estimate of drug-likeness (QED) is 0.278. The van der Waals surface area contributed by atoms with Crippen molar-refractivity contribution in [2.45, 2.75) is 18.9 Å². The van der Waals surface area contributed by atoms with Crippen LogP contribution in [0.4, 0.5) is 5.69 Å². The molecule has 1 atom stereocenters. The molecule has 1 unspecified atom stereocenters. The van der Waals surface area contributed by atoms with Gasteiger partial charge in [0.1, 0.15) is 0 Å². The molecular formula is C31H32N2O4S. The Hall–Kier alpha value is -3.97. The van der Waals surface area contributed by atoms with Crippen molar-refractivity contribution in [2.75, 3.05) is 40.3 Å². The van der Waals surface area contributed by atoms with Crippen molar-refractivity contribution >= 4 is 33.8 Å². The first-order valence-electron chi connectivity index (χ1n) is 12.6. The number of methoxy groups -OCH3 is 4.